The van der Waals surface area contributed by atoms with Crippen molar-refractivity contribution in [2.24, 2.45) is 5.92 Å². The number of hydrogen-bond donors (Lipinski definition) is 1. The molecule has 1 aliphatic heterocycles. The van der Waals surface area contributed by atoms with Crippen LogP contribution in [0, 0.1) is 12.8 Å². The number of benzene rings is 2. The van der Waals surface area contributed by atoms with Gasteiger partial charge in [0.25, 0.3) is 5.91 Å². The standard InChI is InChI=1S/C22H25N3O/c1-15-4-3-5-17(12-15)8-10-23-22(26)18-6-7-20-19(14-18)24-21-13-16(2)9-11-25(20)21/h3-7,12,14,16H,8-11,13H2,1-2H3,(H,23,26)/t16-/m1/s1. The van der Waals surface area contributed by atoms with Gasteiger partial charge in [0.1, 0.15) is 5.82 Å². The molecule has 0 radical (unpaired) electrons. The average Bonchev–Trinajstić information content (AvgIpc) is 2.98. The zero-order valence-corrected chi connectivity index (χ0v) is 15.5. The Bertz CT molecular complexity index is 957. The molecule has 1 amide bonds. The molecule has 0 saturated carbocycles. The normalized spacial score (nSPS) is 16.5. The number of hydrogen-bond acceptors (Lipinski definition) is 2. The number of rotatable bonds is 4. The highest BCUT2D eigenvalue weighted by Gasteiger charge is 2.19. The molecule has 0 spiro atoms. The Hall–Kier alpha value is -2.62. The van der Waals surface area contributed by atoms with Gasteiger partial charge in [-0.2, -0.15) is 0 Å². The highest BCUT2D eigenvalue weighted by Crippen LogP contribution is 2.25. The van der Waals surface area contributed by atoms with Crippen molar-refractivity contribution in [3.05, 3.63) is 65.0 Å². The SMILES string of the molecule is Cc1cccc(CCNC(=O)c2ccc3c(c2)nc2n3CC[C@@H](C)C2)c1. The van der Waals surface area contributed by atoms with Crippen molar-refractivity contribution in [2.75, 3.05) is 6.54 Å². The number of nitrogens with zero attached hydrogens (tertiary/aromatic N) is 2. The minimum Gasteiger partial charge on any atom is -0.352 e. The molecule has 2 aromatic carbocycles. The zero-order valence-electron chi connectivity index (χ0n) is 15.5. The van der Waals surface area contributed by atoms with Crippen molar-refractivity contribution < 1.29 is 4.79 Å². The van der Waals surface area contributed by atoms with Crippen LogP contribution in [-0.2, 0) is 19.4 Å². The summed E-state index contributed by atoms with van der Waals surface area (Å²) in [5.41, 5.74) is 5.25. The van der Waals surface area contributed by atoms with Crippen LogP contribution < -0.4 is 5.32 Å². The van der Waals surface area contributed by atoms with Gasteiger partial charge in [0.15, 0.2) is 0 Å². The van der Waals surface area contributed by atoms with Crippen LogP contribution in [0.3, 0.4) is 0 Å². The van der Waals surface area contributed by atoms with E-state index in [1.807, 2.05) is 18.2 Å². The summed E-state index contributed by atoms with van der Waals surface area (Å²) in [7, 11) is 0. The predicted molar refractivity (Wildman–Crippen MR) is 104 cm³/mol. The first-order valence-corrected chi connectivity index (χ1v) is 9.43. The molecule has 0 unspecified atom stereocenters. The van der Waals surface area contributed by atoms with Crippen LogP contribution in [0.1, 0.15) is 40.7 Å². The third-order valence-corrected chi connectivity index (χ3v) is 5.25. The van der Waals surface area contributed by atoms with E-state index < -0.39 is 0 Å². The number of aromatic nitrogens is 2. The highest BCUT2D eigenvalue weighted by molar-refractivity contribution is 5.97. The molecule has 0 fully saturated rings. The van der Waals surface area contributed by atoms with Gasteiger partial charge in [-0.1, -0.05) is 36.8 Å². The van der Waals surface area contributed by atoms with E-state index in [9.17, 15) is 4.79 Å². The molecule has 1 N–H and O–H groups in total. The predicted octanol–water partition coefficient (Wildman–Crippen LogP) is 3.90. The third-order valence-electron chi connectivity index (χ3n) is 5.25. The van der Waals surface area contributed by atoms with Crippen LogP contribution in [0.4, 0.5) is 0 Å². The molecular formula is C22H25N3O. The van der Waals surface area contributed by atoms with Crippen molar-refractivity contribution in [2.45, 2.75) is 39.7 Å². The van der Waals surface area contributed by atoms with Crippen molar-refractivity contribution >= 4 is 16.9 Å². The lowest BCUT2D eigenvalue weighted by molar-refractivity contribution is 0.0954. The fraction of sp³-hybridized carbons (Fsp3) is 0.364. The Labute approximate surface area is 154 Å². The van der Waals surface area contributed by atoms with E-state index >= 15 is 0 Å². The fourth-order valence-corrected chi connectivity index (χ4v) is 3.78. The Morgan fingerprint density at radius 3 is 3.00 bits per heavy atom. The monoisotopic (exact) mass is 347 g/mol. The number of imidazole rings is 1. The van der Waals surface area contributed by atoms with E-state index in [-0.39, 0.29) is 5.91 Å². The first kappa shape index (κ1) is 16.8. The molecule has 1 aliphatic rings. The second-order valence-corrected chi connectivity index (χ2v) is 7.48. The number of fused-ring (bicyclic) bond motifs is 3. The number of nitrogens with one attached hydrogen (secondary N) is 1. The summed E-state index contributed by atoms with van der Waals surface area (Å²) in [6.07, 6.45) is 3.05. The average molecular weight is 347 g/mol. The highest BCUT2D eigenvalue weighted by atomic mass is 16.1. The van der Waals surface area contributed by atoms with Gasteiger partial charge in [0, 0.05) is 25.1 Å². The van der Waals surface area contributed by atoms with E-state index in [0.29, 0.717) is 18.0 Å². The molecule has 0 bridgehead atoms. The molecule has 4 heteroatoms. The molecule has 2 heterocycles. The van der Waals surface area contributed by atoms with Gasteiger partial charge in [0.05, 0.1) is 11.0 Å². The first-order chi connectivity index (χ1) is 12.6. The molecule has 4 nitrogen and oxygen atoms in total. The van der Waals surface area contributed by atoms with Crippen LogP contribution in [0.25, 0.3) is 11.0 Å². The summed E-state index contributed by atoms with van der Waals surface area (Å²) in [5, 5.41) is 3.03. The van der Waals surface area contributed by atoms with E-state index in [1.54, 1.807) is 0 Å². The van der Waals surface area contributed by atoms with Crippen LogP contribution in [0.15, 0.2) is 42.5 Å². The Kier molecular flexibility index (Phi) is 4.49. The van der Waals surface area contributed by atoms with Gasteiger partial charge in [-0.3, -0.25) is 4.79 Å². The smallest absolute Gasteiger partial charge is 0.251 e. The fourth-order valence-electron chi connectivity index (χ4n) is 3.78. The van der Waals surface area contributed by atoms with Crippen molar-refractivity contribution in [1.82, 2.24) is 14.9 Å². The summed E-state index contributed by atoms with van der Waals surface area (Å²) in [6, 6.07) is 14.3. The van der Waals surface area contributed by atoms with Crippen LogP contribution in [0.2, 0.25) is 0 Å². The summed E-state index contributed by atoms with van der Waals surface area (Å²) in [5.74, 6) is 1.80. The molecule has 1 aromatic heterocycles. The molecule has 4 rings (SSSR count). The van der Waals surface area contributed by atoms with Gasteiger partial charge >= 0.3 is 0 Å². The second kappa shape index (κ2) is 6.94. The summed E-state index contributed by atoms with van der Waals surface area (Å²) in [4.78, 5) is 17.3. The van der Waals surface area contributed by atoms with Crippen molar-refractivity contribution in [3.8, 4) is 0 Å². The first-order valence-electron chi connectivity index (χ1n) is 9.43. The van der Waals surface area contributed by atoms with Crippen molar-refractivity contribution in [3.63, 3.8) is 0 Å². The van der Waals surface area contributed by atoms with Crippen LogP contribution >= 0.6 is 0 Å². The number of carbonyl (C=O) groups excluding carboxylic acids is 1. The minimum absolute atomic E-state index is 0.0288. The molecular weight excluding hydrogens is 322 g/mol. The quantitative estimate of drug-likeness (QED) is 0.778. The van der Waals surface area contributed by atoms with E-state index in [2.05, 4.69) is 48.0 Å². The zero-order chi connectivity index (χ0) is 18.1. The van der Waals surface area contributed by atoms with Gasteiger partial charge in [-0.15, -0.1) is 0 Å². The molecule has 3 aromatic rings. The Balaban J connectivity index is 1.45. The lowest BCUT2D eigenvalue weighted by Gasteiger charge is -2.19. The van der Waals surface area contributed by atoms with Gasteiger partial charge in [0.2, 0.25) is 0 Å². The minimum atomic E-state index is -0.0288. The lowest BCUT2D eigenvalue weighted by Crippen LogP contribution is -2.25. The van der Waals surface area contributed by atoms with Crippen LogP contribution in [0.5, 0.6) is 0 Å². The molecule has 26 heavy (non-hydrogen) atoms. The van der Waals surface area contributed by atoms with E-state index in [1.165, 1.54) is 17.5 Å². The van der Waals surface area contributed by atoms with Gasteiger partial charge in [-0.05, 0) is 49.4 Å². The van der Waals surface area contributed by atoms with Crippen LogP contribution in [-0.4, -0.2) is 22.0 Å². The Morgan fingerprint density at radius 1 is 1.27 bits per heavy atom. The maximum atomic E-state index is 12.5. The number of amides is 1. The second-order valence-electron chi connectivity index (χ2n) is 7.48. The number of carbonyl (C=O) groups is 1. The third kappa shape index (κ3) is 3.36. The molecule has 0 saturated heterocycles. The summed E-state index contributed by atoms with van der Waals surface area (Å²) in [6.45, 7) is 6.02. The lowest BCUT2D eigenvalue weighted by atomic mass is 10.0. The topological polar surface area (TPSA) is 46.9 Å². The molecule has 0 aliphatic carbocycles. The Morgan fingerprint density at radius 2 is 2.15 bits per heavy atom. The van der Waals surface area contributed by atoms with E-state index in [0.717, 1.165) is 36.2 Å². The number of aryl methyl sites for hydroxylation is 2. The molecule has 1 atom stereocenters. The summed E-state index contributed by atoms with van der Waals surface area (Å²) >= 11 is 0. The maximum absolute atomic E-state index is 12.5. The largest absolute Gasteiger partial charge is 0.352 e. The van der Waals surface area contributed by atoms with E-state index in [4.69, 9.17) is 4.98 Å². The summed E-state index contributed by atoms with van der Waals surface area (Å²) < 4.78 is 2.30. The van der Waals surface area contributed by atoms with Gasteiger partial charge in [-0.25, -0.2) is 4.98 Å². The maximum Gasteiger partial charge on any atom is 0.251 e. The molecule has 134 valence electrons. The van der Waals surface area contributed by atoms with Crippen molar-refractivity contribution in [1.29, 1.82) is 0 Å². The van der Waals surface area contributed by atoms with Gasteiger partial charge < -0.3 is 9.88 Å².